The molecular formula is C18H17F5N4O. The summed E-state index contributed by atoms with van der Waals surface area (Å²) in [5.41, 5.74) is 6.20. The molecule has 1 saturated heterocycles. The van der Waals surface area contributed by atoms with E-state index in [4.69, 9.17) is 11.1 Å². The van der Waals surface area contributed by atoms with Gasteiger partial charge in [-0.1, -0.05) is 0 Å². The molecule has 28 heavy (non-hydrogen) atoms. The van der Waals surface area contributed by atoms with E-state index in [1.54, 1.807) is 4.90 Å². The van der Waals surface area contributed by atoms with Crippen LogP contribution in [0.25, 0.3) is 0 Å². The Balaban J connectivity index is 1.84. The monoisotopic (exact) mass is 400 g/mol. The normalized spacial score (nSPS) is 16.7. The molecule has 1 fully saturated rings. The Kier molecular flexibility index (Phi) is 5.14. The van der Waals surface area contributed by atoms with Crippen LogP contribution in [0.3, 0.4) is 0 Å². The van der Waals surface area contributed by atoms with E-state index >= 15 is 0 Å². The summed E-state index contributed by atoms with van der Waals surface area (Å²) >= 11 is 0. The van der Waals surface area contributed by atoms with Crippen molar-refractivity contribution in [2.45, 2.75) is 25.1 Å². The van der Waals surface area contributed by atoms with Crippen molar-refractivity contribution in [2.24, 2.45) is 0 Å². The van der Waals surface area contributed by atoms with Crippen LogP contribution in [0.1, 0.15) is 24.0 Å². The van der Waals surface area contributed by atoms with Crippen LogP contribution in [0.5, 0.6) is 5.75 Å². The van der Waals surface area contributed by atoms with Gasteiger partial charge in [0.15, 0.2) is 0 Å². The summed E-state index contributed by atoms with van der Waals surface area (Å²) in [7, 11) is 0. The number of halogens is 5. The number of ether oxygens (including phenoxy) is 1. The minimum atomic E-state index is -4.87. The molecule has 3 rings (SSSR count). The summed E-state index contributed by atoms with van der Waals surface area (Å²) in [6.45, 7) is 0.238. The molecule has 1 aromatic heterocycles. The molecule has 0 aliphatic carbocycles. The van der Waals surface area contributed by atoms with Crippen molar-refractivity contribution in [3.05, 3.63) is 47.7 Å². The number of benzene rings is 1. The van der Waals surface area contributed by atoms with Crippen molar-refractivity contribution in [2.75, 3.05) is 23.7 Å². The van der Waals surface area contributed by atoms with E-state index in [2.05, 4.69) is 9.72 Å². The first kappa shape index (κ1) is 19.8. The Morgan fingerprint density at radius 2 is 1.82 bits per heavy atom. The van der Waals surface area contributed by atoms with Crippen LogP contribution in [0.2, 0.25) is 0 Å². The first-order valence-corrected chi connectivity index (χ1v) is 8.37. The molecule has 1 aromatic carbocycles. The molecule has 0 bridgehead atoms. The van der Waals surface area contributed by atoms with Gasteiger partial charge in [-0.05, 0) is 30.3 Å². The van der Waals surface area contributed by atoms with Crippen molar-refractivity contribution in [3.63, 3.8) is 0 Å². The number of nitrogen functional groups attached to an aromatic ring is 1. The van der Waals surface area contributed by atoms with Gasteiger partial charge in [-0.3, -0.25) is 5.41 Å². The van der Waals surface area contributed by atoms with Crippen LogP contribution < -0.4 is 15.4 Å². The maximum atomic E-state index is 13.3. The fourth-order valence-electron chi connectivity index (χ4n) is 2.91. The molecule has 10 heteroatoms. The minimum Gasteiger partial charge on any atom is -0.406 e. The van der Waals surface area contributed by atoms with Crippen LogP contribution in [-0.4, -0.2) is 36.1 Å². The number of rotatable bonds is 4. The van der Waals surface area contributed by atoms with Gasteiger partial charge in [0.1, 0.15) is 11.6 Å². The van der Waals surface area contributed by atoms with E-state index in [1.807, 2.05) is 0 Å². The summed E-state index contributed by atoms with van der Waals surface area (Å²) in [4.78, 5) is 5.84. The zero-order chi connectivity index (χ0) is 20.5. The topological polar surface area (TPSA) is 75.2 Å². The molecule has 1 aliphatic heterocycles. The van der Waals surface area contributed by atoms with Crippen molar-refractivity contribution in [3.8, 4) is 5.75 Å². The fourth-order valence-corrected chi connectivity index (χ4v) is 2.91. The van der Waals surface area contributed by atoms with E-state index in [9.17, 15) is 22.0 Å². The molecule has 1 aliphatic rings. The number of alkyl halides is 5. The predicted molar refractivity (Wildman–Crippen MR) is 94.1 cm³/mol. The number of pyridine rings is 1. The van der Waals surface area contributed by atoms with E-state index < -0.39 is 18.0 Å². The number of piperidine rings is 1. The largest absolute Gasteiger partial charge is 0.573 e. The number of aromatic nitrogens is 1. The van der Waals surface area contributed by atoms with Crippen LogP contribution in [0.4, 0.5) is 33.5 Å². The summed E-state index contributed by atoms with van der Waals surface area (Å²) in [6.07, 6.45) is -4.03. The second kappa shape index (κ2) is 7.25. The third-order valence-electron chi connectivity index (χ3n) is 4.38. The zero-order valence-corrected chi connectivity index (χ0v) is 14.6. The molecule has 0 atom stereocenters. The van der Waals surface area contributed by atoms with Gasteiger partial charge in [0, 0.05) is 48.9 Å². The molecule has 2 aromatic rings. The molecule has 2 heterocycles. The third-order valence-corrected chi connectivity index (χ3v) is 4.38. The average Bonchev–Trinajstić information content (AvgIpc) is 2.62. The average molecular weight is 400 g/mol. The number of hydrogen-bond acceptors (Lipinski definition) is 5. The van der Waals surface area contributed by atoms with E-state index in [0.29, 0.717) is 11.4 Å². The summed E-state index contributed by atoms with van der Waals surface area (Å²) in [5, 5.41) is 8.33. The molecule has 0 radical (unpaired) electrons. The van der Waals surface area contributed by atoms with Gasteiger partial charge < -0.3 is 15.4 Å². The third kappa shape index (κ3) is 4.68. The minimum absolute atomic E-state index is 0.0593. The molecule has 0 spiro atoms. The summed E-state index contributed by atoms with van der Waals surface area (Å²) in [6, 6.07) is 6.35. The number of hydrogen-bond donors (Lipinski definition) is 2. The highest BCUT2D eigenvalue weighted by atomic mass is 19.4. The van der Waals surface area contributed by atoms with Gasteiger partial charge in [0.2, 0.25) is 0 Å². The Bertz CT molecular complexity index is 875. The highest BCUT2D eigenvalue weighted by molar-refractivity contribution is 6.14. The predicted octanol–water partition coefficient (Wildman–Crippen LogP) is 4.21. The maximum Gasteiger partial charge on any atom is 0.573 e. The molecule has 150 valence electrons. The Labute approximate surface area is 157 Å². The van der Waals surface area contributed by atoms with Crippen molar-refractivity contribution in [1.29, 1.82) is 5.41 Å². The molecule has 0 unspecified atom stereocenters. The lowest BCUT2D eigenvalue weighted by molar-refractivity contribution is -0.274. The number of nitrogens with zero attached hydrogens (tertiary/aromatic N) is 2. The SMILES string of the molecule is N=C(c1ccnc(N2CCC(F)(F)CC2)c1)c1cc(OC(F)(F)F)ccc1N. The van der Waals surface area contributed by atoms with Gasteiger partial charge in [-0.15, -0.1) is 13.2 Å². The lowest BCUT2D eigenvalue weighted by atomic mass is 10.0. The molecule has 0 saturated carbocycles. The van der Waals surface area contributed by atoms with Gasteiger partial charge >= 0.3 is 6.36 Å². The zero-order valence-electron chi connectivity index (χ0n) is 14.6. The maximum absolute atomic E-state index is 13.3. The quantitative estimate of drug-likeness (QED) is 0.458. The Hall–Kier alpha value is -2.91. The summed E-state index contributed by atoms with van der Waals surface area (Å²) in [5.74, 6) is -2.78. The van der Waals surface area contributed by atoms with Crippen molar-refractivity contribution in [1.82, 2.24) is 4.98 Å². The molecular weight excluding hydrogens is 383 g/mol. The van der Waals surface area contributed by atoms with Gasteiger partial charge in [0.05, 0.1) is 5.71 Å². The number of nitrogens with two attached hydrogens (primary N) is 1. The fraction of sp³-hybridized carbons (Fsp3) is 0.333. The van der Waals surface area contributed by atoms with E-state index in [-0.39, 0.29) is 42.9 Å². The van der Waals surface area contributed by atoms with Crippen LogP contribution >= 0.6 is 0 Å². The van der Waals surface area contributed by atoms with E-state index in [0.717, 1.165) is 12.1 Å². The highest BCUT2D eigenvalue weighted by Gasteiger charge is 2.34. The van der Waals surface area contributed by atoms with E-state index in [1.165, 1.54) is 24.4 Å². The van der Waals surface area contributed by atoms with Crippen molar-refractivity contribution < 1.29 is 26.7 Å². The second-order valence-corrected chi connectivity index (χ2v) is 6.42. The number of anilines is 2. The lowest BCUT2D eigenvalue weighted by Gasteiger charge is -2.32. The van der Waals surface area contributed by atoms with Crippen LogP contribution in [-0.2, 0) is 0 Å². The standard InChI is InChI=1S/C18H17F5N4O/c19-17(20)4-7-27(8-5-17)15-9-11(3-6-26-15)16(25)13-10-12(1-2-14(13)24)28-18(21,22)23/h1-3,6,9-10,25H,4-5,7-8,24H2. The Morgan fingerprint density at radius 1 is 1.14 bits per heavy atom. The van der Waals surface area contributed by atoms with Crippen LogP contribution in [0, 0.1) is 5.41 Å². The molecule has 3 N–H and O–H groups in total. The smallest absolute Gasteiger partial charge is 0.406 e. The first-order valence-electron chi connectivity index (χ1n) is 8.37. The second-order valence-electron chi connectivity index (χ2n) is 6.42. The number of nitrogens with one attached hydrogen (secondary N) is 1. The first-order chi connectivity index (χ1) is 13.0. The lowest BCUT2D eigenvalue weighted by Crippen LogP contribution is -2.39. The van der Waals surface area contributed by atoms with Crippen molar-refractivity contribution >= 4 is 17.2 Å². The highest BCUT2D eigenvalue weighted by Crippen LogP contribution is 2.31. The van der Waals surface area contributed by atoms with Crippen LogP contribution in [0.15, 0.2) is 36.5 Å². The van der Waals surface area contributed by atoms with Gasteiger partial charge in [-0.2, -0.15) is 0 Å². The Morgan fingerprint density at radius 3 is 2.46 bits per heavy atom. The van der Waals surface area contributed by atoms with Gasteiger partial charge in [0.25, 0.3) is 5.92 Å². The summed E-state index contributed by atoms with van der Waals surface area (Å²) < 4.78 is 67.9. The molecule has 0 amide bonds. The van der Waals surface area contributed by atoms with Gasteiger partial charge in [-0.25, -0.2) is 13.8 Å². The molecule has 5 nitrogen and oxygen atoms in total.